The van der Waals surface area contributed by atoms with Gasteiger partial charge in [0.2, 0.25) is 15.9 Å². The summed E-state index contributed by atoms with van der Waals surface area (Å²) in [5.41, 5.74) is 0. The number of hydrogen-bond acceptors (Lipinski definition) is 4. The largest absolute Gasteiger partial charge is 0.356 e. The van der Waals surface area contributed by atoms with E-state index in [0.29, 0.717) is 31.4 Å². The van der Waals surface area contributed by atoms with Crippen molar-refractivity contribution < 1.29 is 13.2 Å². The van der Waals surface area contributed by atoms with E-state index in [1.807, 2.05) is 4.90 Å². The number of likely N-dealkylation sites (tertiary alicyclic amines) is 1. The van der Waals surface area contributed by atoms with Crippen LogP contribution in [-0.2, 0) is 14.8 Å². The Morgan fingerprint density at radius 2 is 1.86 bits per heavy atom. The lowest BCUT2D eigenvalue weighted by Gasteiger charge is -2.26. The van der Waals surface area contributed by atoms with Gasteiger partial charge < -0.3 is 15.5 Å². The predicted octanol–water partition coefficient (Wildman–Crippen LogP) is 1.28. The normalized spacial score (nSPS) is 21.3. The van der Waals surface area contributed by atoms with E-state index in [2.05, 4.69) is 20.3 Å². The lowest BCUT2D eigenvalue weighted by molar-refractivity contribution is -0.135. The zero-order chi connectivity index (χ0) is 19.7. The summed E-state index contributed by atoms with van der Waals surface area (Å²) in [7, 11) is -1.41. The van der Waals surface area contributed by atoms with Gasteiger partial charge in [0.05, 0.1) is 5.75 Å². The molecule has 8 nitrogen and oxygen atoms in total. The maximum atomic E-state index is 12.6. The average molecular weight is 529 g/mol. The van der Waals surface area contributed by atoms with E-state index in [1.165, 1.54) is 19.3 Å². The number of amides is 1. The molecular formula is C18H36IN5O3S. The van der Waals surface area contributed by atoms with Gasteiger partial charge in [-0.25, -0.2) is 13.1 Å². The number of carbonyl (C=O) groups is 1. The Labute approximate surface area is 186 Å². The number of hydrogen-bond donors (Lipinski definition) is 3. The van der Waals surface area contributed by atoms with Crippen molar-refractivity contribution in [1.82, 2.24) is 20.3 Å². The molecule has 1 atom stereocenters. The van der Waals surface area contributed by atoms with Gasteiger partial charge in [0.25, 0.3) is 0 Å². The number of rotatable bonds is 8. The third-order valence-electron chi connectivity index (χ3n) is 5.37. The summed E-state index contributed by atoms with van der Waals surface area (Å²) in [6, 6.07) is 0.210. The monoisotopic (exact) mass is 529 g/mol. The van der Waals surface area contributed by atoms with Crippen LogP contribution in [0.15, 0.2) is 4.99 Å². The number of nitrogens with one attached hydrogen (secondary N) is 3. The van der Waals surface area contributed by atoms with E-state index >= 15 is 0 Å². The van der Waals surface area contributed by atoms with Gasteiger partial charge >= 0.3 is 0 Å². The molecule has 0 aromatic carbocycles. The average Bonchev–Trinajstić information content (AvgIpc) is 3.15. The molecule has 164 valence electrons. The molecule has 1 aliphatic heterocycles. The molecule has 2 fully saturated rings. The first-order chi connectivity index (χ1) is 12.9. The molecule has 1 saturated carbocycles. The lowest BCUT2D eigenvalue weighted by Crippen LogP contribution is -2.46. The highest BCUT2D eigenvalue weighted by Gasteiger charge is 2.31. The molecule has 0 aromatic heterocycles. The first kappa shape index (κ1) is 25.4. The van der Waals surface area contributed by atoms with E-state index in [4.69, 9.17) is 0 Å². The molecule has 1 amide bonds. The highest BCUT2D eigenvalue weighted by molar-refractivity contribution is 14.0. The van der Waals surface area contributed by atoms with E-state index in [0.717, 1.165) is 32.4 Å². The molecule has 0 aromatic rings. The smallest absolute Gasteiger partial charge is 0.225 e. The number of sulfonamides is 1. The Bertz CT molecular complexity index is 608. The Balaban J connectivity index is 0.00000392. The summed E-state index contributed by atoms with van der Waals surface area (Å²) in [4.78, 5) is 18.9. The predicted molar refractivity (Wildman–Crippen MR) is 124 cm³/mol. The van der Waals surface area contributed by atoms with Crippen LogP contribution in [0.3, 0.4) is 0 Å². The van der Waals surface area contributed by atoms with Crippen LogP contribution in [-0.4, -0.2) is 70.2 Å². The molecule has 1 saturated heterocycles. The first-order valence-corrected chi connectivity index (χ1v) is 11.8. The molecule has 2 rings (SSSR count). The van der Waals surface area contributed by atoms with Crippen LogP contribution >= 0.6 is 24.0 Å². The molecule has 1 unspecified atom stereocenters. The zero-order valence-corrected chi connectivity index (χ0v) is 20.2. The van der Waals surface area contributed by atoms with Gasteiger partial charge in [0.15, 0.2) is 5.96 Å². The Morgan fingerprint density at radius 1 is 1.14 bits per heavy atom. The van der Waals surface area contributed by atoms with Crippen LogP contribution in [0.4, 0.5) is 0 Å². The standard InChI is InChI=1S/C18H35N5O3S.HI/c1-3-27(25,26)21-12-7-11-20-18(19-2)22-16-10-13-23(14-16)17(24)15-8-5-4-6-9-15;/h15-16,21H,3-14H2,1-2H3,(H2,19,20,22);1H. The van der Waals surface area contributed by atoms with E-state index in [-0.39, 0.29) is 41.7 Å². The minimum absolute atomic E-state index is 0. The molecule has 3 N–H and O–H groups in total. The van der Waals surface area contributed by atoms with Gasteiger partial charge in [0, 0.05) is 45.2 Å². The number of nitrogens with zero attached hydrogens (tertiary/aromatic N) is 2. The summed E-state index contributed by atoms with van der Waals surface area (Å²) in [5.74, 6) is 1.35. The van der Waals surface area contributed by atoms with Crippen LogP contribution in [0, 0.1) is 5.92 Å². The molecule has 0 spiro atoms. The van der Waals surface area contributed by atoms with Crippen molar-refractivity contribution in [2.45, 2.75) is 57.9 Å². The number of carbonyl (C=O) groups excluding carboxylic acids is 1. The van der Waals surface area contributed by atoms with Crippen molar-refractivity contribution >= 4 is 45.9 Å². The van der Waals surface area contributed by atoms with Crippen molar-refractivity contribution in [3.8, 4) is 0 Å². The summed E-state index contributed by atoms with van der Waals surface area (Å²) < 4.78 is 25.3. The fourth-order valence-corrected chi connectivity index (χ4v) is 4.36. The van der Waals surface area contributed by atoms with Crippen molar-refractivity contribution in [3.05, 3.63) is 0 Å². The lowest BCUT2D eigenvalue weighted by atomic mass is 9.88. The third kappa shape index (κ3) is 8.40. The Kier molecular flexibility index (Phi) is 11.7. The highest BCUT2D eigenvalue weighted by atomic mass is 127. The number of aliphatic imine (C=N–C) groups is 1. The molecule has 0 bridgehead atoms. The second kappa shape index (κ2) is 12.8. The third-order valence-corrected chi connectivity index (χ3v) is 6.77. The molecule has 28 heavy (non-hydrogen) atoms. The zero-order valence-electron chi connectivity index (χ0n) is 17.1. The first-order valence-electron chi connectivity index (χ1n) is 10.2. The van der Waals surface area contributed by atoms with Crippen LogP contribution in [0.25, 0.3) is 0 Å². The second-order valence-electron chi connectivity index (χ2n) is 7.40. The summed E-state index contributed by atoms with van der Waals surface area (Å²) >= 11 is 0. The van der Waals surface area contributed by atoms with Gasteiger partial charge in [-0.15, -0.1) is 24.0 Å². The Morgan fingerprint density at radius 3 is 2.50 bits per heavy atom. The van der Waals surface area contributed by atoms with Crippen LogP contribution in [0.5, 0.6) is 0 Å². The maximum absolute atomic E-state index is 12.6. The minimum atomic E-state index is -3.13. The van der Waals surface area contributed by atoms with Crippen molar-refractivity contribution in [3.63, 3.8) is 0 Å². The SMILES string of the molecule is CCS(=O)(=O)NCCCNC(=NC)NC1CCN(C(=O)C2CCCCC2)C1.I. The van der Waals surface area contributed by atoms with Gasteiger partial charge in [-0.2, -0.15) is 0 Å². The van der Waals surface area contributed by atoms with Crippen LogP contribution in [0.2, 0.25) is 0 Å². The molecule has 0 radical (unpaired) electrons. The summed E-state index contributed by atoms with van der Waals surface area (Å²) in [6.45, 7) is 4.20. The number of halogens is 1. The summed E-state index contributed by atoms with van der Waals surface area (Å²) in [5, 5.41) is 6.59. The molecule has 1 aliphatic carbocycles. The molecule has 1 heterocycles. The van der Waals surface area contributed by atoms with Crippen LogP contribution in [0.1, 0.15) is 51.9 Å². The number of guanidine groups is 1. The minimum Gasteiger partial charge on any atom is -0.356 e. The van der Waals surface area contributed by atoms with Crippen LogP contribution < -0.4 is 15.4 Å². The molecule has 10 heteroatoms. The quantitative estimate of drug-likeness (QED) is 0.190. The van der Waals surface area contributed by atoms with E-state index in [1.54, 1.807) is 14.0 Å². The van der Waals surface area contributed by atoms with Crippen molar-refractivity contribution in [1.29, 1.82) is 0 Å². The fraction of sp³-hybridized carbons (Fsp3) is 0.889. The Hall–Kier alpha value is -0.620. The molecule has 2 aliphatic rings. The topological polar surface area (TPSA) is 103 Å². The van der Waals surface area contributed by atoms with E-state index in [9.17, 15) is 13.2 Å². The fourth-order valence-electron chi connectivity index (χ4n) is 3.70. The van der Waals surface area contributed by atoms with Crippen molar-refractivity contribution in [2.24, 2.45) is 10.9 Å². The van der Waals surface area contributed by atoms with Gasteiger partial charge in [0.1, 0.15) is 0 Å². The maximum Gasteiger partial charge on any atom is 0.225 e. The van der Waals surface area contributed by atoms with E-state index < -0.39 is 10.0 Å². The molecular weight excluding hydrogens is 493 g/mol. The van der Waals surface area contributed by atoms with Crippen molar-refractivity contribution in [2.75, 3.05) is 39.0 Å². The van der Waals surface area contributed by atoms with Gasteiger partial charge in [-0.05, 0) is 32.6 Å². The second-order valence-corrected chi connectivity index (χ2v) is 9.49. The van der Waals surface area contributed by atoms with Gasteiger partial charge in [-0.1, -0.05) is 19.3 Å². The highest BCUT2D eigenvalue weighted by Crippen LogP contribution is 2.26. The van der Waals surface area contributed by atoms with Gasteiger partial charge in [-0.3, -0.25) is 9.79 Å². The summed E-state index contributed by atoms with van der Waals surface area (Å²) in [6.07, 6.45) is 7.30.